The molecule has 0 aromatic carbocycles. The van der Waals surface area contributed by atoms with Gasteiger partial charge in [-0.1, -0.05) is 0 Å². The molecule has 0 radical (unpaired) electrons. The number of aromatic nitrogens is 3. The van der Waals surface area contributed by atoms with Crippen molar-refractivity contribution in [2.75, 3.05) is 11.9 Å². The summed E-state index contributed by atoms with van der Waals surface area (Å²) in [6.07, 6.45) is -0.841. The van der Waals surface area contributed by atoms with E-state index in [4.69, 9.17) is 0 Å². The minimum atomic E-state index is -4.40. The third-order valence-corrected chi connectivity index (χ3v) is 2.71. The number of aryl methyl sites for hydroxylation is 1. The monoisotopic (exact) mass is 270 g/mol. The van der Waals surface area contributed by atoms with Crippen molar-refractivity contribution >= 4 is 5.82 Å². The first-order valence-corrected chi connectivity index (χ1v) is 5.71. The van der Waals surface area contributed by atoms with E-state index in [-0.39, 0.29) is 5.82 Å². The first-order chi connectivity index (χ1) is 8.98. The number of nitrogens with one attached hydrogen (secondary N) is 1. The van der Waals surface area contributed by atoms with Crippen LogP contribution >= 0.6 is 0 Å². The van der Waals surface area contributed by atoms with Crippen molar-refractivity contribution in [3.05, 3.63) is 41.9 Å². The van der Waals surface area contributed by atoms with Crippen LogP contribution < -0.4 is 5.32 Å². The maximum atomic E-state index is 12.7. The first-order valence-electron chi connectivity index (χ1n) is 5.71. The Hall–Kier alpha value is -2.05. The summed E-state index contributed by atoms with van der Waals surface area (Å²) in [6, 6.07) is 4.11. The molecule has 102 valence electrons. The van der Waals surface area contributed by atoms with Gasteiger partial charge in [-0.3, -0.25) is 4.68 Å². The third-order valence-electron chi connectivity index (χ3n) is 2.71. The predicted octanol–water partition coefficient (Wildman–Crippen LogP) is 2.49. The molecule has 2 heterocycles. The number of hydrogen-bond acceptors (Lipinski definition) is 3. The summed E-state index contributed by atoms with van der Waals surface area (Å²) < 4.78 is 39.8. The Kier molecular flexibility index (Phi) is 3.73. The van der Waals surface area contributed by atoms with E-state index in [1.807, 2.05) is 6.07 Å². The number of anilines is 1. The SMILES string of the molecule is Cn1nccc1CCNc1ncccc1C(F)(F)F. The Balaban J connectivity index is 2.02. The van der Waals surface area contributed by atoms with Crippen LogP contribution in [0, 0.1) is 0 Å². The van der Waals surface area contributed by atoms with Gasteiger partial charge in [0.15, 0.2) is 0 Å². The molecule has 0 atom stereocenters. The normalized spacial score (nSPS) is 11.6. The molecule has 0 saturated carbocycles. The van der Waals surface area contributed by atoms with Crippen LogP contribution in [0.4, 0.5) is 19.0 Å². The third kappa shape index (κ3) is 3.24. The highest BCUT2D eigenvalue weighted by molar-refractivity contribution is 5.45. The Morgan fingerprint density at radius 2 is 2.05 bits per heavy atom. The van der Waals surface area contributed by atoms with Gasteiger partial charge in [0.05, 0.1) is 5.56 Å². The largest absolute Gasteiger partial charge is 0.419 e. The van der Waals surface area contributed by atoms with Crippen LogP contribution in [0.2, 0.25) is 0 Å². The molecular formula is C12H13F3N4. The standard InChI is InChI=1S/C12H13F3N4/c1-19-9(5-8-18-19)4-7-17-11-10(12(13,14)15)3-2-6-16-11/h2-3,5-6,8H,4,7H2,1H3,(H,16,17). The molecule has 2 aromatic heterocycles. The average Bonchev–Trinajstić information content (AvgIpc) is 2.75. The van der Waals surface area contributed by atoms with E-state index in [0.717, 1.165) is 11.8 Å². The zero-order chi connectivity index (χ0) is 13.9. The zero-order valence-electron chi connectivity index (χ0n) is 10.3. The maximum Gasteiger partial charge on any atom is 0.419 e. The molecule has 0 aliphatic heterocycles. The number of pyridine rings is 1. The van der Waals surface area contributed by atoms with Crippen molar-refractivity contribution < 1.29 is 13.2 Å². The molecule has 1 N–H and O–H groups in total. The van der Waals surface area contributed by atoms with Crippen LogP contribution in [0.5, 0.6) is 0 Å². The summed E-state index contributed by atoms with van der Waals surface area (Å²) in [4.78, 5) is 3.73. The molecular weight excluding hydrogens is 257 g/mol. The lowest BCUT2D eigenvalue weighted by molar-refractivity contribution is -0.137. The van der Waals surface area contributed by atoms with Gasteiger partial charge in [-0.25, -0.2) is 4.98 Å². The van der Waals surface area contributed by atoms with E-state index in [1.54, 1.807) is 17.9 Å². The molecule has 0 saturated heterocycles. The Morgan fingerprint density at radius 1 is 1.26 bits per heavy atom. The smallest absolute Gasteiger partial charge is 0.369 e. The molecule has 7 heteroatoms. The van der Waals surface area contributed by atoms with Gasteiger partial charge >= 0.3 is 6.18 Å². The van der Waals surface area contributed by atoms with Crippen LogP contribution in [0.15, 0.2) is 30.6 Å². The van der Waals surface area contributed by atoms with Crippen molar-refractivity contribution in [3.8, 4) is 0 Å². The van der Waals surface area contributed by atoms with E-state index < -0.39 is 11.7 Å². The Morgan fingerprint density at radius 3 is 2.68 bits per heavy atom. The summed E-state index contributed by atoms with van der Waals surface area (Å²) in [5.41, 5.74) is 0.192. The summed E-state index contributed by atoms with van der Waals surface area (Å²) >= 11 is 0. The average molecular weight is 270 g/mol. The highest BCUT2D eigenvalue weighted by Gasteiger charge is 2.33. The number of hydrogen-bond donors (Lipinski definition) is 1. The van der Waals surface area contributed by atoms with E-state index in [9.17, 15) is 13.2 Å². The topological polar surface area (TPSA) is 42.7 Å². The summed E-state index contributed by atoms with van der Waals surface area (Å²) in [7, 11) is 1.79. The second-order valence-electron chi connectivity index (χ2n) is 4.02. The molecule has 0 amide bonds. The fourth-order valence-corrected chi connectivity index (χ4v) is 1.73. The van der Waals surface area contributed by atoms with Crippen molar-refractivity contribution in [1.29, 1.82) is 0 Å². The lowest BCUT2D eigenvalue weighted by Gasteiger charge is -2.13. The van der Waals surface area contributed by atoms with Gasteiger partial charge in [-0.2, -0.15) is 18.3 Å². The lowest BCUT2D eigenvalue weighted by Crippen LogP contribution is -2.14. The van der Waals surface area contributed by atoms with Crippen LogP contribution in [0.1, 0.15) is 11.3 Å². The molecule has 2 aromatic rings. The molecule has 0 aliphatic rings. The second-order valence-corrected chi connectivity index (χ2v) is 4.02. The van der Waals surface area contributed by atoms with E-state index in [0.29, 0.717) is 13.0 Å². The predicted molar refractivity (Wildman–Crippen MR) is 64.6 cm³/mol. The zero-order valence-corrected chi connectivity index (χ0v) is 10.3. The molecule has 0 fully saturated rings. The summed E-state index contributed by atoms with van der Waals surface area (Å²) in [6.45, 7) is 0.361. The number of nitrogens with zero attached hydrogens (tertiary/aromatic N) is 3. The Bertz CT molecular complexity index is 548. The van der Waals surface area contributed by atoms with Crippen LogP contribution in [0.25, 0.3) is 0 Å². The number of rotatable bonds is 4. The lowest BCUT2D eigenvalue weighted by atomic mass is 10.2. The highest BCUT2D eigenvalue weighted by Crippen LogP contribution is 2.33. The van der Waals surface area contributed by atoms with E-state index >= 15 is 0 Å². The second kappa shape index (κ2) is 5.29. The minimum Gasteiger partial charge on any atom is -0.369 e. The molecule has 4 nitrogen and oxygen atoms in total. The van der Waals surface area contributed by atoms with Gasteiger partial charge < -0.3 is 5.32 Å². The molecule has 0 spiro atoms. The van der Waals surface area contributed by atoms with Gasteiger partial charge in [0.1, 0.15) is 5.82 Å². The van der Waals surface area contributed by atoms with Crippen molar-refractivity contribution in [2.24, 2.45) is 7.05 Å². The van der Waals surface area contributed by atoms with Crippen LogP contribution in [0.3, 0.4) is 0 Å². The van der Waals surface area contributed by atoms with Crippen molar-refractivity contribution in [1.82, 2.24) is 14.8 Å². The molecule has 0 aliphatic carbocycles. The van der Waals surface area contributed by atoms with Gasteiger partial charge in [-0.05, 0) is 18.2 Å². The minimum absolute atomic E-state index is 0.142. The molecule has 19 heavy (non-hydrogen) atoms. The first kappa shape index (κ1) is 13.4. The van der Waals surface area contributed by atoms with Gasteiger partial charge in [-0.15, -0.1) is 0 Å². The van der Waals surface area contributed by atoms with E-state index in [2.05, 4.69) is 15.4 Å². The molecule has 0 bridgehead atoms. The number of alkyl halides is 3. The van der Waals surface area contributed by atoms with Gasteiger partial charge in [0.25, 0.3) is 0 Å². The Labute approximate surface area is 108 Å². The summed E-state index contributed by atoms with van der Waals surface area (Å²) in [5, 5.41) is 6.71. The van der Waals surface area contributed by atoms with Gasteiger partial charge in [0.2, 0.25) is 0 Å². The highest BCUT2D eigenvalue weighted by atomic mass is 19.4. The quantitative estimate of drug-likeness (QED) is 0.928. The maximum absolute atomic E-state index is 12.7. The molecule has 0 unspecified atom stereocenters. The fourth-order valence-electron chi connectivity index (χ4n) is 1.73. The fraction of sp³-hybridized carbons (Fsp3) is 0.333. The van der Waals surface area contributed by atoms with E-state index in [1.165, 1.54) is 12.3 Å². The number of halogens is 3. The van der Waals surface area contributed by atoms with Crippen LogP contribution in [-0.2, 0) is 19.6 Å². The van der Waals surface area contributed by atoms with Crippen molar-refractivity contribution in [3.63, 3.8) is 0 Å². The van der Waals surface area contributed by atoms with Gasteiger partial charge in [0, 0.05) is 38.1 Å². The molecule has 2 rings (SSSR count). The summed E-state index contributed by atoms with van der Waals surface area (Å²) in [5.74, 6) is -0.142. The van der Waals surface area contributed by atoms with Crippen LogP contribution in [-0.4, -0.2) is 21.3 Å². The van der Waals surface area contributed by atoms with Crippen molar-refractivity contribution in [2.45, 2.75) is 12.6 Å².